The molecule has 1 saturated heterocycles. The van der Waals surface area contributed by atoms with Crippen LogP contribution >= 0.6 is 0 Å². The number of morpholine rings is 1. The Bertz CT molecular complexity index is 177. The monoisotopic (exact) mass is 197 g/mol. The molecule has 3 atom stereocenters. The van der Waals surface area contributed by atoms with Crippen LogP contribution in [0.15, 0.2) is 0 Å². The molecule has 14 heavy (non-hydrogen) atoms. The molecule has 0 spiro atoms. The van der Waals surface area contributed by atoms with Crippen LogP contribution in [0, 0.1) is 5.92 Å². The van der Waals surface area contributed by atoms with Crippen LogP contribution in [-0.4, -0.2) is 24.8 Å². The first-order valence-corrected chi connectivity index (χ1v) is 6.16. The fraction of sp³-hybridized carbons (Fsp3) is 1.00. The minimum Gasteiger partial charge on any atom is -0.372 e. The summed E-state index contributed by atoms with van der Waals surface area (Å²) in [6.45, 7) is 5.46. The molecule has 1 saturated carbocycles. The predicted molar refractivity (Wildman–Crippen MR) is 58.4 cm³/mol. The topological polar surface area (TPSA) is 21.3 Å². The van der Waals surface area contributed by atoms with Gasteiger partial charge in [-0.1, -0.05) is 19.3 Å². The van der Waals surface area contributed by atoms with Crippen molar-refractivity contribution in [3.8, 4) is 0 Å². The molecule has 3 unspecified atom stereocenters. The molecule has 2 fully saturated rings. The summed E-state index contributed by atoms with van der Waals surface area (Å²) in [6.07, 6.45) is 7.89. The largest absolute Gasteiger partial charge is 0.372 e. The van der Waals surface area contributed by atoms with Gasteiger partial charge < -0.3 is 10.1 Å². The van der Waals surface area contributed by atoms with Crippen molar-refractivity contribution in [3.63, 3.8) is 0 Å². The van der Waals surface area contributed by atoms with Crippen molar-refractivity contribution in [3.05, 3.63) is 0 Å². The summed E-state index contributed by atoms with van der Waals surface area (Å²) in [7, 11) is 0. The van der Waals surface area contributed by atoms with E-state index in [4.69, 9.17) is 4.74 Å². The van der Waals surface area contributed by atoms with E-state index in [2.05, 4.69) is 19.2 Å². The fourth-order valence-corrected chi connectivity index (χ4v) is 2.69. The molecule has 1 heterocycles. The third kappa shape index (κ3) is 2.29. The Morgan fingerprint density at radius 2 is 1.79 bits per heavy atom. The van der Waals surface area contributed by atoms with Crippen molar-refractivity contribution in [1.82, 2.24) is 5.32 Å². The lowest BCUT2D eigenvalue weighted by molar-refractivity contribution is -0.0819. The Labute approximate surface area is 87.4 Å². The normalized spacial score (nSPS) is 41.1. The molecule has 2 rings (SSSR count). The second kappa shape index (κ2) is 4.63. The van der Waals surface area contributed by atoms with Gasteiger partial charge in [-0.05, 0) is 32.6 Å². The van der Waals surface area contributed by atoms with E-state index < -0.39 is 0 Å². The summed E-state index contributed by atoms with van der Waals surface area (Å²) in [4.78, 5) is 0. The van der Waals surface area contributed by atoms with Crippen LogP contribution in [0.2, 0.25) is 0 Å². The first-order valence-electron chi connectivity index (χ1n) is 6.16. The molecule has 0 amide bonds. The molecule has 2 nitrogen and oxygen atoms in total. The van der Waals surface area contributed by atoms with Gasteiger partial charge >= 0.3 is 0 Å². The number of ether oxygens (including phenoxy) is 1. The van der Waals surface area contributed by atoms with Crippen molar-refractivity contribution >= 4 is 0 Å². The lowest BCUT2D eigenvalue weighted by Gasteiger charge is -2.39. The van der Waals surface area contributed by atoms with Gasteiger partial charge in [0.25, 0.3) is 0 Å². The van der Waals surface area contributed by atoms with Crippen LogP contribution in [0.25, 0.3) is 0 Å². The maximum atomic E-state index is 6.08. The minimum atomic E-state index is 0.385. The van der Waals surface area contributed by atoms with E-state index >= 15 is 0 Å². The Hall–Kier alpha value is -0.0800. The Kier molecular flexibility index (Phi) is 3.45. The van der Waals surface area contributed by atoms with Gasteiger partial charge in [0.15, 0.2) is 0 Å². The average Bonchev–Trinajstić information content (AvgIpc) is 2.23. The molecule has 1 aliphatic carbocycles. The van der Waals surface area contributed by atoms with Gasteiger partial charge in [-0.2, -0.15) is 0 Å². The van der Waals surface area contributed by atoms with E-state index in [1.54, 1.807) is 0 Å². The fourth-order valence-electron chi connectivity index (χ4n) is 2.69. The number of rotatable bonds is 1. The molecule has 82 valence electrons. The Morgan fingerprint density at radius 3 is 2.43 bits per heavy atom. The van der Waals surface area contributed by atoms with Crippen molar-refractivity contribution in [1.29, 1.82) is 0 Å². The first kappa shape index (κ1) is 10.4. The van der Waals surface area contributed by atoms with Crippen LogP contribution in [0.4, 0.5) is 0 Å². The Balaban J connectivity index is 1.85. The zero-order valence-corrected chi connectivity index (χ0v) is 9.46. The maximum absolute atomic E-state index is 6.08. The van der Waals surface area contributed by atoms with E-state index in [1.165, 1.54) is 32.1 Å². The summed E-state index contributed by atoms with van der Waals surface area (Å²) < 4.78 is 6.08. The van der Waals surface area contributed by atoms with E-state index in [-0.39, 0.29) is 0 Å². The summed E-state index contributed by atoms with van der Waals surface area (Å²) in [6, 6.07) is 0.523. The van der Waals surface area contributed by atoms with E-state index in [0.717, 1.165) is 12.5 Å². The first-order chi connectivity index (χ1) is 6.77. The highest BCUT2D eigenvalue weighted by Crippen LogP contribution is 2.29. The van der Waals surface area contributed by atoms with Gasteiger partial charge in [-0.15, -0.1) is 0 Å². The molecule has 1 aliphatic heterocycles. The molecular formula is C12H23NO. The van der Waals surface area contributed by atoms with Crippen LogP contribution in [0.5, 0.6) is 0 Å². The maximum Gasteiger partial charge on any atom is 0.0732 e. The third-order valence-electron chi connectivity index (χ3n) is 3.91. The van der Waals surface area contributed by atoms with E-state index in [0.29, 0.717) is 18.2 Å². The molecule has 0 radical (unpaired) electrons. The summed E-state index contributed by atoms with van der Waals surface area (Å²) in [5.74, 6) is 0.825. The van der Waals surface area contributed by atoms with E-state index in [1.807, 2.05) is 0 Å². The zero-order chi connectivity index (χ0) is 9.97. The van der Waals surface area contributed by atoms with Crippen molar-refractivity contribution < 1.29 is 4.74 Å². The standard InChI is InChI=1S/C12H23NO/c1-9-10(2)14-12(8-13-9)11-6-4-3-5-7-11/h9-13H,3-8H2,1-2H3. The van der Waals surface area contributed by atoms with Crippen LogP contribution in [-0.2, 0) is 4.74 Å². The van der Waals surface area contributed by atoms with Gasteiger partial charge in [-0.3, -0.25) is 0 Å². The summed E-state index contributed by atoms with van der Waals surface area (Å²) in [5, 5.41) is 3.55. The number of hydrogen-bond donors (Lipinski definition) is 1. The molecule has 2 heteroatoms. The minimum absolute atomic E-state index is 0.385. The van der Waals surface area contributed by atoms with Gasteiger partial charge in [0.2, 0.25) is 0 Å². The summed E-state index contributed by atoms with van der Waals surface area (Å²) >= 11 is 0. The SMILES string of the molecule is CC1NCC(C2CCCCC2)OC1C. The molecule has 0 bridgehead atoms. The van der Waals surface area contributed by atoms with Crippen molar-refractivity contribution in [2.24, 2.45) is 5.92 Å². The molecular weight excluding hydrogens is 174 g/mol. The zero-order valence-electron chi connectivity index (χ0n) is 9.46. The molecule has 1 N–H and O–H groups in total. The second-order valence-corrected chi connectivity index (χ2v) is 4.97. The van der Waals surface area contributed by atoms with Crippen LogP contribution in [0.1, 0.15) is 46.0 Å². The van der Waals surface area contributed by atoms with Gasteiger partial charge in [0.1, 0.15) is 0 Å². The van der Waals surface area contributed by atoms with E-state index in [9.17, 15) is 0 Å². The third-order valence-corrected chi connectivity index (χ3v) is 3.91. The highest BCUT2D eigenvalue weighted by Gasteiger charge is 2.30. The van der Waals surface area contributed by atoms with Gasteiger partial charge in [0.05, 0.1) is 12.2 Å². The van der Waals surface area contributed by atoms with Crippen LogP contribution < -0.4 is 5.32 Å². The van der Waals surface area contributed by atoms with Gasteiger partial charge in [0, 0.05) is 12.6 Å². The molecule has 2 aliphatic rings. The highest BCUT2D eigenvalue weighted by molar-refractivity contribution is 4.84. The predicted octanol–water partition coefficient (Wildman–Crippen LogP) is 2.33. The Morgan fingerprint density at radius 1 is 1.07 bits per heavy atom. The number of nitrogens with one attached hydrogen (secondary N) is 1. The van der Waals surface area contributed by atoms with Crippen molar-refractivity contribution in [2.75, 3.05) is 6.54 Å². The number of hydrogen-bond acceptors (Lipinski definition) is 2. The molecule has 0 aromatic rings. The highest BCUT2D eigenvalue weighted by atomic mass is 16.5. The summed E-state index contributed by atoms with van der Waals surface area (Å²) in [5.41, 5.74) is 0. The van der Waals surface area contributed by atoms with Crippen molar-refractivity contribution in [2.45, 2.75) is 64.2 Å². The molecule has 0 aromatic heterocycles. The second-order valence-electron chi connectivity index (χ2n) is 4.97. The molecule has 0 aromatic carbocycles. The smallest absolute Gasteiger partial charge is 0.0732 e. The average molecular weight is 197 g/mol. The lowest BCUT2D eigenvalue weighted by Crippen LogP contribution is -2.52. The quantitative estimate of drug-likeness (QED) is 0.696. The van der Waals surface area contributed by atoms with Gasteiger partial charge in [-0.25, -0.2) is 0 Å². The van der Waals surface area contributed by atoms with Crippen LogP contribution in [0.3, 0.4) is 0 Å². The lowest BCUT2D eigenvalue weighted by atomic mass is 9.84.